The molecule has 270 valence electrons. The van der Waals surface area contributed by atoms with Gasteiger partial charge in [-0.25, -0.2) is 0 Å². The van der Waals surface area contributed by atoms with Crippen LogP contribution in [0.3, 0.4) is 0 Å². The maximum absolute atomic E-state index is 2.67. The molecular formula is C54H39N3. The Bertz CT molecular complexity index is 3780. The van der Waals surface area contributed by atoms with Crippen LogP contribution in [0.5, 0.6) is 0 Å². The standard InChI is InChI=1S/C54H39N3/c1-30(2)45-47-41-28-33(32-17-7-5-8-18-32)27-38-35-21-12-15-25-43(35)56(50(38)41)53(47)46(31(3)4)48-49-51-39(29-40-37-23-13-16-26-44(37)57(52(40)49)54(45)48)36-22-11-14-24-42(36)55(51)34-19-9-6-10-20-34/h5-31H,1-4H3. The Labute approximate surface area is 329 Å². The van der Waals surface area contributed by atoms with Crippen LogP contribution < -0.4 is 0 Å². The van der Waals surface area contributed by atoms with Crippen molar-refractivity contribution >= 4 is 98.0 Å². The van der Waals surface area contributed by atoms with Crippen molar-refractivity contribution in [2.45, 2.75) is 39.5 Å². The van der Waals surface area contributed by atoms with Gasteiger partial charge in [0.25, 0.3) is 0 Å². The Morgan fingerprint density at radius 1 is 0.333 bits per heavy atom. The molecule has 0 amide bonds. The Morgan fingerprint density at radius 3 is 1.46 bits per heavy atom. The molecule has 0 radical (unpaired) electrons. The van der Waals surface area contributed by atoms with Crippen molar-refractivity contribution in [1.29, 1.82) is 0 Å². The van der Waals surface area contributed by atoms with Crippen LogP contribution >= 0.6 is 0 Å². The summed E-state index contributed by atoms with van der Waals surface area (Å²) in [4.78, 5) is 0. The van der Waals surface area contributed by atoms with Crippen LogP contribution in [0.2, 0.25) is 0 Å². The zero-order chi connectivity index (χ0) is 37.8. The van der Waals surface area contributed by atoms with Crippen LogP contribution in [0.25, 0.3) is 115 Å². The minimum Gasteiger partial charge on any atom is -0.309 e. The second-order valence-electron chi connectivity index (χ2n) is 16.8. The van der Waals surface area contributed by atoms with Crippen molar-refractivity contribution in [1.82, 2.24) is 13.4 Å². The zero-order valence-electron chi connectivity index (χ0n) is 32.4. The van der Waals surface area contributed by atoms with Gasteiger partial charge in [-0.1, -0.05) is 131 Å². The summed E-state index contributed by atoms with van der Waals surface area (Å²) in [7, 11) is 0. The van der Waals surface area contributed by atoms with Crippen molar-refractivity contribution < 1.29 is 0 Å². The molecule has 0 unspecified atom stereocenters. The molecule has 0 spiro atoms. The first-order valence-electron chi connectivity index (χ1n) is 20.4. The molecule has 0 bridgehead atoms. The number of nitrogens with zero attached hydrogens (tertiary/aromatic N) is 3. The van der Waals surface area contributed by atoms with E-state index in [1.807, 2.05) is 0 Å². The smallest absolute Gasteiger partial charge is 0.0642 e. The minimum atomic E-state index is 0.239. The Balaban J connectivity index is 1.40. The highest BCUT2D eigenvalue weighted by Gasteiger charge is 2.33. The third-order valence-corrected chi connectivity index (χ3v) is 13.1. The second-order valence-corrected chi connectivity index (χ2v) is 16.8. The van der Waals surface area contributed by atoms with Gasteiger partial charge in [0, 0.05) is 59.5 Å². The largest absolute Gasteiger partial charge is 0.309 e. The molecule has 0 aliphatic carbocycles. The Morgan fingerprint density at radius 2 is 0.807 bits per heavy atom. The average Bonchev–Trinajstić information content (AvgIpc) is 4.03. The predicted octanol–water partition coefficient (Wildman–Crippen LogP) is 15.0. The third kappa shape index (κ3) is 3.78. The SMILES string of the molecule is CC(C)c1c2c3c4c(cc5c6ccccc6n(c2c(C(C)C)c2c6cc(-c7ccccc7)cc7c8ccccc8n(c12)c76)c53)c1ccccc1n4-c1ccccc1. The lowest BCUT2D eigenvalue weighted by molar-refractivity contribution is 0.869. The van der Waals surface area contributed by atoms with Crippen LogP contribution in [0.15, 0.2) is 152 Å². The van der Waals surface area contributed by atoms with Crippen molar-refractivity contribution in [3.8, 4) is 16.8 Å². The summed E-state index contributed by atoms with van der Waals surface area (Å²) in [5.41, 5.74) is 17.0. The van der Waals surface area contributed by atoms with Crippen LogP contribution in [-0.4, -0.2) is 13.4 Å². The second kappa shape index (κ2) is 10.9. The van der Waals surface area contributed by atoms with Gasteiger partial charge in [0.05, 0.1) is 44.1 Å². The van der Waals surface area contributed by atoms with Crippen LogP contribution in [0.1, 0.15) is 50.7 Å². The molecule has 8 aromatic carbocycles. The van der Waals surface area contributed by atoms with Gasteiger partial charge in [-0.2, -0.15) is 0 Å². The summed E-state index contributed by atoms with van der Waals surface area (Å²) in [5, 5.41) is 13.4. The van der Waals surface area contributed by atoms with Crippen LogP contribution in [0, 0.1) is 0 Å². The molecule has 3 heteroatoms. The van der Waals surface area contributed by atoms with E-state index in [0.717, 1.165) is 0 Å². The van der Waals surface area contributed by atoms with Gasteiger partial charge in [0.2, 0.25) is 0 Å². The lowest BCUT2D eigenvalue weighted by Crippen LogP contribution is -2.01. The highest BCUT2D eigenvalue weighted by atomic mass is 15.0. The van der Waals surface area contributed by atoms with Gasteiger partial charge in [0.15, 0.2) is 0 Å². The number of fused-ring (bicyclic) bond motifs is 16. The topological polar surface area (TPSA) is 13.8 Å². The highest BCUT2D eigenvalue weighted by Crippen LogP contribution is 2.54. The predicted molar refractivity (Wildman–Crippen MR) is 244 cm³/mol. The summed E-state index contributed by atoms with van der Waals surface area (Å²) in [6, 6.07) is 56.6. The Hall–Kier alpha value is -6.84. The normalized spacial score (nSPS) is 12.9. The molecule has 0 aliphatic rings. The van der Waals surface area contributed by atoms with E-state index in [9.17, 15) is 0 Å². The van der Waals surface area contributed by atoms with E-state index in [4.69, 9.17) is 0 Å². The van der Waals surface area contributed by atoms with Crippen LogP contribution in [0.4, 0.5) is 0 Å². The molecule has 5 heterocycles. The molecule has 57 heavy (non-hydrogen) atoms. The molecule has 0 saturated heterocycles. The first kappa shape index (κ1) is 31.4. The molecule has 0 aliphatic heterocycles. The number of benzene rings is 8. The summed E-state index contributed by atoms with van der Waals surface area (Å²) in [5.74, 6) is 0.490. The van der Waals surface area contributed by atoms with Gasteiger partial charge < -0.3 is 13.4 Å². The fraction of sp³-hybridized carbons (Fsp3) is 0.111. The summed E-state index contributed by atoms with van der Waals surface area (Å²) in [6.07, 6.45) is 0. The van der Waals surface area contributed by atoms with Gasteiger partial charge in [-0.3, -0.25) is 0 Å². The summed E-state index contributed by atoms with van der Waals surface area (Å²) >= 11 is 0. The minimum absolute atomic E-state index is 0.239. The molecule has 13 rings (SSSR count). The lowest BCUT2D eigenvalue weighted by Gasteiger charge is -2.19. The molecule has 13 aromatic rings. The summed E-state index contributed by atoms with van der Waals surface area (Å²) in [6.45, 7) is 9.67. The number of hydrogen-bond acceptors (Lipinski definition) is 0. The highest BCUT2D eigenvalue weighted by molar-refractivity contribution is 6.38. The van der Waals surface area contributed by atoms with E-state index in [2.05, 4.69) is 193 Å². The third-order valence-electron chi connectivity index (χ3n) is 13.1. The molecular weight excluding hydrogens is 691 g/mol. The zero-order valence-corrected chi connectivity index (χ0v) is 32.4. The molecule has 5 aromatic heterocycles. The Kier molecular flexibility index (Phi) is 6.01. The van der Waals surface area contributed by atoms with Gasteiger partial charge in [-0.15, -0.1) is 0 Å². The van der Waals surface area contributed by atoms with E-state index in [1.165, 1.54) is 126 Å². The van der Waals surface area contributed by atoms with Gasteiger partial charge in [-0.05, 0) is 82.6 Å². The number of rotatable bonds is 4. The van der Waals surface area contributed by atoms with E-state index >= 15 is 0 Å². The van der Waals surface area contributed by atoms with Gasteiger partial charge >= 0.3 is 0 Å². The molecule has 0 fully saturated rings. The quantitative estimate of drug-likeness (QED) is 0.171. The molecule has 0 atom stereocenters. The van der Waals surface area contributed by atoms with Crippen LogP contribution in [-0.2, 0) is 0 Å². The van der Waals surface area contributed by atoms with Crippen molar-refractivity contribution in [2.75, 3.05) is 0 Å². The van der Waals surface area contributed by atoms with E-state index < -0.39 is 0 Å². The number of hydrogen-bond donors (Lipinski definition) is 0. The molecule has 0 N–H and O–H groups in total. The monoisotopic (exact) mass is 729 g/mol. The van der Waals surface area contributed by atoms with E-state index in [0.29, 0.717) is 0 Å². The number of para-hydroxylation sites is 4. The maximum Gasteiger partial charge on any atom is 0.0642 e. The average molecular weight is 730 g/mol. The summed E-state index contributed by atoms with van der Waals surface area (Å²) < 4.78 is 7.88. The van der Waals surface area contributed by atoms with Crippen molar-refractivity contribution in [2.24, 2.45) is 0 Å². The molecule has 0 saturated carbocycles. The maximum atomic E-state index is 2.67. The van der Waals surface area contributed by atoms with Gasteiger partial charge in [0.1, 0.15) is 0 Å². The fourth-order valence-electron chi connectivity index (χ4n) is 11.1. The van der Waals surface area contributed by atoms with Crippen molar-refractivity contribution in [3.63, 3.8) is 0 Å². The fourth-order valence-corrected chi connectivity index (χ4v) is 11.1. The molecule has 3 nitrogen and oxygen atoms in total. The van der Waals surface area contributed by atoms with E-state index in [1.54, 1.807) is 0 Å². The van der Waals surface area contributed by atoms with Crippen molar-refractivity contribution in [3.05, 3.63) is 163 Å². The van der Waals surface area contributed by atoms with E-state index in [-0.39, 0.29) is 11.8 Å². The lowest BCUT2D eigenvalue weighted by atomic mass is 9.86. The first-order chi connectivity index (χ1) is 28.0. The number of aromatic nitrogens is 3. The first-order valence-corrected chi connectivity index (χ1v) is 20.4.